The van der Waals surface area contributed by atoms with Crippen LogP contribution in [0.2, 0.25) is 5.02 Å². The molecule has 0 saturated heterocycles. The summed E-state index contributed by atoms with van der Waals surface area (Å²) < 4.78 is 10.5. The summed E-state index contributed by atoms with van der Waals surface area (Å²) >= 11 is 5.99. The standard InChI is InChI=1S/C15H12ClN3O2/c1-20-12-7-10(16)4-5-11(12)14-13(15(17)21-19-14)9-3-2-6-18-8-9/h2-8H,17H2,1H3. The summed E-state index contributed by atoms with van der Waals surface area (Å²) in [4.78, 5) is 4.10. The molecule has 2 heterocycles. The van der Waals surface area contributed by atoms with E-state index < -0.39 is 0 Å². The minimum Gasteiger partial charge on any atom is -0.496 e. The summed E-state index contributed by atoms with van der Waals surface area (Å²) in [7, 11) is 1.57. The Balaban J connectivity index is 2.21. The van der Waals surface area contributed by atoms with Gasteiger partial charge in [0, 0.05) is 28.5 Å². The second kappa shape index (κ2) is 5.46. The third kappa shape index (κ3) is 2.43. The molecule has 0 saturated carbocycles. The smallest absolute Gasteiger partial charge is 0.230 e. The Hall–Kier alpha value is -2.53. The lowest BCUT2D eigenvalue weighted by molar-refractivity contribution is 0.414. The number of ether oxygens (including phenoxy) is 1. The molecule has 3 rings (SSSR count). The highest BCUT2D eigenvalue weighted by molar-refractivity contribution is 6.30. The molecule has 0 unspecified atom stereocenters. The molecular weight excluding hydrogens is 290 g/mol. The van der Waals surface area contributed by atoms with Crippen molar-refractivity contribution in [1.29, 1.82) is 0 Å². The van der Waals surface area contributed by atoms with Crippen molar-refractivity contribution in [2.45, 2.75) is 0 Å². The number of nitrogen functional groups attached to an aromatic ring is 1. The van der Waals surface area contributed by atoms with E-state index in [2.05, 4.69) is 10.1 Å². The lowest BCUT2D eigenvalue weighted by Gasteiger charge is -2.08. The molecule has 2 N–H and O–H groups in total. The molecule has 6 heteroatoms. The molecule has 0 fully saturated rings. The van der Waals surface area contributed by atoms with Crippen LogP contribution in [0, 0.1) is 0 Å². The third-order valence-electron chi connectivity index (χ3n) is 3.09. The lowest BCUT2D eigenvalue weighted by atomic mass is 10.0. The topological polar surface area (TPSA) is 74.2 Å². The number of nitrogens with zero attached hydrogens (tertiary/aromatic N) is 2. The van der Waals surface area contributed by atoms with Crippen LogP contribution in [0.15, 0.2) is 47.2 Å². The SMILES string of the molecule is COc1cc(Cl)ccc1-c1noc(N)c1-c1cccnc1. The fraction of sp³-hybridized carbons (Fsp3) is 0.0667. The van der Waals surface area contributed by atoms with Gasteiger partial charge in [-0.2, -0.15) is 0 Å². The largest absolute Gasteiger partial charge is 0.496 e. The van der Waals surface area contributed by atoms with Crippen molar-refractivity contribution in [2.24, 2.45) is 0 Å². The van der Waals surface area contributed by atoms with Gasteiger partial charge in [0.15, 0.2) is 0 Å². The van der Waals surface area contributed by atoms with Gasteiger partial charge in [0.2, 0.25) is 5.88 Å². The average Bonchev–Trinajstić information content (AvgIpc) is 2.89. The van der Waals surface area contributed by atoms with Gasteiger partial charge in [0.25, 0.3) is 0 Å². The van der Waals surface area contributed by atoms with Gasteiger partial charge in [-0.05, 0) is 24.3 Å². The van der Waals surface area contributed by atoms with E-state index in [0.717, 1.165) is 11.1 Å². The van der Waals surface area contributed by atoms with Gasteiger partial charge in [-0.25, -0.2) is 0 Å². The summed E-state index contributed by atoms with van der Waals surface area (Å²) in [5.74, 6) is 0.830. The molecule has 0 radical (unpaired) electrons. The molecule has 2 aromatic heterocycles. The maximum Gasteiger partial charge on any atom is 0.230 e. The van der Waals surface area contributed by atoms with E-state index in [1.54, 1.807) is 31.6 Å². The summed E-state index contributed by atoms with van der Waals surface area (Å²) in [5, 5.41) is 4.63. The number of pyridine rings is 1. The number of rotatable bonds is 3. The van der Waals surface area contributed by atoms with Crippen molar-refractivity contribution in [2.75, 3.05) is 12.8 Å². The highest BCUT2D eigenvalue weighted by Crippen LogP contribution is 2.40. The zero-order valence-electron chi connectivity index (χ0n) is 11.2. The Morgan fingerprint density at radius 1 is 1.29 bits per heavy atom. The van der Waals surface area contributed by atoms with Gasteiger partial charge < -0.3 is 15.0 Å². The van der Waals surface area contributed by atoms with Gasteiger partial charge in [-0.15, -0.1) is 0 Å². The number of halogens is 1. The molecule has 5 nitrogen and oxygen atoms in total. The Labute approximate surface area is 126 Å². The molecule has 3 aromatic rings. The first kappa shape index (κ1) is 13.5. The molecule has 1 aromatic carbocycles. The summed E-state index contributed by atoms with van der Waals surface area (Å²) in [6.07, 6.45) is 3.39. The second-order valence-electron chi connectivity index (χ2n) is 4.36. The predicted octanol–water partition coefficient (Wildman–Crippen LogP) is 3.65. The molecule has 0 aliphatic heterocycles. The zero-order valence-corrected chi connectivity index (χ0v) is 12.0. The highest BCUT2D eigenvalue weighted by Gasteiger charge is 2.20. The molecule has 21 heavy (non-hydrogen) atoms. The molecule has 0 aliphatic carbocycles. The molecular formula is C15H12ClN3O2. The molecule has 0 aliphatic rings. The van der Waals surface area contributed by atoms with Crippen molar-refractivity contribution >= 4 is 17.5 Å². The molecule has 106 valence electrons. The van der Waals surface area contributed by atoms with Crippen LogP contribution in [0.5, 0.6) is 5.75 Å². The summed E-state index contributed by atoms with van der Waals surface area (Å²) in [5.41, 5.74) is 8.76. The van der Waals surface area contributed by atoms with Crippen LogP contribution in [0.25, 0.3) is 22.4 Å². The van der Waals surface area contributed by atoms with Crippen LogP contribution in [-0.2, 0) is 0 Å². The number of aromatic nitrogens is 2. The van der Waals surface area contributed by atoms with Gasteiger partial charge in [0.05, 0.1) is 12.7 Å². The van der Waals surface area contributed by atoms with Gasteiger partial charge in [0.1, 0.15) is 11.4 Å². The Bertz CT molecular complexity index is 772. The molecule has 0 amide bonds. The van der Waals surface area contributed by atoms with E-state index in [9.17, 15) is 0 Å². The van der Waals surface area contributed by atoms with E-state index in [0.29, 0.717) is 22.0 Å². The quantitative estimate of drug-likeness (QED) is 0.799. The number of benzene rings is 1. The summed E-state index contributed by atoms with van der Waals surface area (Å²) in [6, 6.07) is 9.01. The van der Waals surface area contributed by atoms with Crippen LogP contribution in [-0.4, -0.2) is 17.3 Å². The maximum atomic E-state index is 5.99. The van der Waals surface area contributed by atoms with Gasteiger partial charge in [-0.3, -0.25) is 4.98 Å². The fourth-order valence-electron chi connectivity index (χ4n) is 2.14. The first-order valence-electron chi connectivity index (χ1n) is 6.20. The van der Waals surface area contributed by atoms with Gasteiger partial charge >= 0.3 is 0 Å². The zero-order chi connectivity index (χ0) is 14.8. The Morgan fingerprint density at radius 2 is 2.14 bits per heavy atom. The summed E-state index contributed by atoms with van der Waals surface area (Å²) in [6.45, 7) is 0. The molecule has 0 atom stereocenters. The van der Waals surface area contributed by atoms with E-state index in [-0.39, 0.29) is 5.88 Å². The van der Waals surface area contributed by atoms with Crippen molar-refractivity contribution < 1.29 is 9.26 Å². The van der Waals surface area contributed by atoms with Crippen molar-refractivity contribution in [3.8, 4) is 28.1 Å². The van der Waals surface area contributed by atoms with Crippen LogP contribution in [0.4, 0.5) is 5.88 Å². The molecule has 0 spiro atoms. The van der Waals surface area contributed by atoms with Crippen LogP contribution >= 0.6 is 11.6 Å². The van der Waals surface area contributed by atoms with Crippen molar-refractivity contribution in [1.82, 2.24) is 10.1 Å². The number of anilines is 1. The van der Waals surface area contributed by atoms with E-state index in [4.69, 9.17) is 26.6 Å². The number of hydrogen-bond acceptors (Lipinski definition) is 5. The Morgan fingerprint density at radius 3 is 2.86 bits per heavy atom. The number of hydrogen-bond donors (Lipinski definition) is 1. The normalized spacial score (nSPS) is 10.6. The highest BCUT2D eigenvalue weighted by atomic mass is 35.5. The second-order valence-corrected chi connectivity index (χ2v) is 4.79. The third-order valence-corrected chi connectivity index (χ3v) is 3.32. The van der Waals surface area contributed by atoms with Crippen molar-refractivity contribution in [3.63, 3.8) is 0 Å². The fourth-order valence-corrected chi connectivity index (χ4v) is 2.30. The van der Waals surface area contributed by atoms with E-state index in [1.165, 1.54) is 0 Å². The minimum atomic E-state index is 0.231. The van der Waals surface area contributed by atoms with Crippen LogP contribution in [0.3, 0.4) is 0 Å². The lowest BCUT2D eigenvalue weighted by Crippen LogP contribution is -1.91. The van der Waals surface area contributed by atoms with E-state index in [1.807, 2.05) is 18.2 Å². The van der Waals surface area contributed by atoms with E-state index >= 15 is 0 Å². The van der Waals surface area contributed by atoms with Crippen LogP contribution in [0.1, 0.15) is 0 Å². The molecule has 0 bridgehead atoms. The first-order valence-corrected chi connectivity index (χ1v) is 6.58. The van der Waals surface area contributed by atoms with Crippen LogP contribution < -0.4 is 10.5 Å². The predicted molar refractivity (Wildman–Crippen MR) is 81.1 cm³/mol. The monoisotopic (exact) mass is 301 g/mol. The number of nitrogens with two attached hydrogens (primary N) is 1. The minimum absolute atomic E-state index is 0.231. The van der Waals surface area contributed by atoms with Gasteiger partial charge in [-0.1, -0.05) is 22.8 Å². The van der Waals surface area contributed by atoms with Crippen molar-refractivity contribution in [3.05, 3.63) is 47.7 Å². The maximum absolute atomic E-state index is 5.99. The average molecular weight is 302 g/mol. The first-order chi connectivity index (χ1) is 10.2. The number of methoxy groups -OCH3 is 1. The Kier molecular flexibility index (Phi) is 3.50.